The summed E-state index contributed by atoms with van der Waals surface area (Å²) < 4.78 is 83.7. The standard InChI is InChI=1S/C57H87IN2O21/c1-4-37-26(3)33(59)15-28(70-37)5-7-38-25(2)13-30(71-38)9-12-56-54(66)57(67,68)53(81-56)52-48(58)51(80-56)50-39(76-52)8-6-29(74-50)19-47(65)73-32-18-43-42(69-24-32)21-45-44(75-43)17-31(72-45)16-41-35(63)10-11-55(78-41)22-34(60)49-46(79-55)20-40(77-49)36(64)14-27(62)23-61/h27-46,48-54,61-64,66-68H,2-24,59-60H2,1H3/t27-,28+,29-,30+,31+,32-,33-,34+,35+,36+,37-,38+,39+,40+,41+,42+,43?,44?,45-,46+,48+,49+,50+,51-,52-,53?,54+,55-,56-/m1/s1. The van der Waals surface area contributed by atoms with Gasteiger partial charge in [-0.3, -0.25) is 4.79 Å². The SMILES string of the molecule is C=C1C[C@H](CC[C@]23OC([C@@H]4O[C@H]5CC[C@H](CC(=O)O[C@H]6CO[C@H]7C[C@H]8O[C@@H](C[C@@H]9O[C@@]%10(CC[C@@H]9O)C[C@H](N)[C@@H]9O[C@H]([C@@H](O)C[C@@H](O)CO)C[C@@H]9O%10)CC8OC7C6)O[C@@H]5[C@H](O2)[C@@H]4I)C(O)(O)[C@H]3O)O[C@H]1CC[C@H]1C[C@@H](N)C(=C)[C@@H](CC)O1. The van der Waals surface area contributed by atoms with Crippen molar-refractivity contribution in [3.63, 3.8) is 0 Å². The third-order valence-corrected chi connectivity index (χ3v) is 21.3. The Hall–Kier alpha value is -1.16. The van der Waals surface area contributed by atoms with Crippen molar-refractivity contribution in [2.75, 3.05) is 13.2 Å². The molecule has 11 N–H and O–H groups in total. The van der Waals surface area contributed by atoms with Crippen molar-refractivity contribution in [1.29, 1.82) is 0 Å². The van der Waals surface area contributed by atoms with Crippen LogP contribution in [-0.2, 0) is 66.4 Å². The zero-order chi connectivity index (χ0) is 56.9. The molecule has 12 fully saturated rings. The topological polar surface area (TPSA) is 331 Å². The van der Waals surface area contributed by atoms with Gasteiger partial charge in [0, 0.05) is 69.9 Å². The van der Waals surface area contributed by atoms with Crippen molar-refractivity contribution in [2.24, 2.45) is 11.5 Å². The quantitative estimate of drug-likeness (QED) is 0.0339. The second-order valence-electron chi connectivity index (χ2n) is 25.7. The highest BCUT2D eigenvalue weighted by molar-refractivity contribution is 14.1. The lowest BCUT2D eigenvalue weighted by Gasteiger charge is -2.51. The molecule has 23 nitrogen and oxygen atoms in total. The number of carbonyl (C=O) groups is 1. The highest BCUT2D eigenvalue weighted by atomic mass is 127. The molecule has 12 heterocycles. The molecule has 0 aliphatic carbocycles. The lowest BCUT2D eigenvalue weighted by atomic mass is 9.84. The van der Waals surface area contributed by atoms with E-state index in [4.69, 9.17) is 73.0 Å². The minimum atomic E-state index is -2.66. The van der Waals surface area contributed by atoms with E-state index < -0.39 is 131 Å². The number of fused-ring (bicyclic) bond motifs is 10. The van der Waals surface area contributed by atoms with Crippen LogP contribution in [0, 0.1) is 0 Å². The molecule has 0 saturated carbocycles. The number of halogens is 1. The molecule has 0 aromatic rings. The van der Waals surface area contributed by atoms with E-state index >= 15 is 0 Å². The fourth-order valence-electron chi connectivity index (χ4n) is 15.6. The van der Waals surface area contributed by atoms with Crippen molar-refractivity contribution >= 4 is 28.6 Å². The number of hydrogen-bond donors (Lipinski definition) is 9. The average Bonchev–Trinajstić information content (AvgIpc) is 3.93. The van der Waals surface area contributed by atoms with E-state index in [-0.39, 0.29) is 86.8 Å². The van der Waals surface area contributed by atoms with Gasteiger partial charge < -0.3 is 109 Å². The van der Waals surface area contributed by atoms with Gasteiger partial charge in [0.25, 0.3) is 0 Å². The summed E-state index contributed by atoms with van der Waals surface area (Å²) in [6, 6.07) is -0.551. The van der Waals surface area contributed by atoms with Crippen LogP contribution in [0.15, 0.2) is 24.3 Å². The number of carbonyl (C=O) groups excluding carboxylic acids is 1. The van der Waals surface area contributed by atoms with Gasteiger partial charge >= 0.3 is 5.97 Å². The van der Waals surface area contributed by atoms with Crippen molar-refractivity contribution < 1.29 is 102 Å². The molecule has 0 aromatic heterocycles. The van der Waals surface area contributed by atoms with Crippen molar-refractivity contribution in [3.8, 4) is 0 Å². The van der Waals surface area contributed by atoms with E-state index in [2.05, 4.69) is 42.7 Å². The Morgan fingerprint density at radius 2 is 1.56 bits per heavy atom. The zero-order valence-electron chi connectivity index (χ0n) is 46.2. The van der Waals surface area contributed by atoms with Crippen molar-refractivity contribution in [3.05, 3.63) is 24.3 Å². The molecular formula is C57H87IN2O21. The van der Waals surface area contributed by atoms with Gasteiger partial charge in [-0.15, -0.1) is 0 Å². The molecule has 0 aromatic carbocycles. The number of alkyl halides is 1. The summed E-state index contributed by atoms with van der Waals surface area (Å²) in [5.41, 5.74) is 14.9. The summed E-state index contributed by atoms with van der Waals surface area (Å²) >= 11 is 2.19. The largest absolute Gasteiger partial charge is 0.460 e. The minimum Gasteiger partial charge on any atom is -0.460 e. The van der Waals surface area contributed by atoms with Gasteiger partial charge in [-0.05, 0) is 68.9 Å². The third kappa shape index (κ3) is 12.0. The molecule has 12 rings (SSSR count). The molecule has 4 bridgehead atoms. The van der Waals surface area contributed by atoms with Gasteiger partial charge in [-0.25, -0.2) is 0 Å². The van der Waals surface area contributed by atoms with E-state index in [1.165, 1.54) is 0 Å². The van der Waals surface area contributed by atoms with Gasteiger partial charge in [0.05, 0.1) is 133 Å². The first-order chi connectivity index (χ1) is 38.7. The highest BCUT2D eigenvalue weighted by Gasteiger charge is 2.72. The molecule has 1 spiro atoms. The summed E-state index contributed by atoms with van der Waals surface area (Å²) in [7, 11) is 0. The monoisotopic (exact) mass is 1260 g/mol. The molecular weight excluding hydrogens is 1180 g/mol. The van der Waals surface area contributed by atoms with Crippen LogP contribution in [0.5, 0.6) is 0 Å². The Labute approximate surface area is 486 Å². The maximum Gasteiger partial charge on any atom is 0.308 e. The van der Waals surface area contributed by atoms with Crippen LogP contribution >= 0.6 is 22.6 Å². The fraction of sp³-hybridized carbons (Fsp3) is 0.912. The second-order valence-corrected chi connectivity index (χ2v) is 27.1. The lowest BCUT2D eigenvalue weighted by Crippen LogP contribution is -2.68. The van der Waals surface area contributed by atoms with E-state index in [0.29, 0.717) is 89.9 Å². The van der Waals surface area contributed by atoms with Crippen LogP contribution in [-0.4, -0.2) is 235 Å². The van der Waals surface area contributed by atoms with Crippen LogP contribution in [0.3, 0.4) is 0 Å². The van der Waals surface area contributed by atoms with E-state index in [1.54, 1.807) is 0 Å². The predicted octanol–water partition coefficient (Wildman–Crippen LogP) is 0.776. The number of nitrogens with two attached hydrogens (primary N) is 2. The van der Waals surface area contributed by atoms with Crippen LogP contribution in [0.1, 0.15) is 129 Å². The maximum atomic E-state index is 13.7. The summed E-state index contributed by atoms with van der Waals surface area (Å²) in [4.78, 5) is 13.7. The molecule has 24 heteroatoms. The molecule has 12 saturated heterocycles. The number of hydrogen-bond acceptors (Lipinski definition) is 23. The molecule has 0 radical (unpaired) electrons. The van der Waals surface area contributed by atoms with E-state index in [0.717, 1.165) is 24.0 Å². The zero-order valence-corrected chi connectivity index (χ0v) is 48.4. The third-order valence-electron chi connectivity index (χ3n) is 19.9. The Kier molecular flexibility index (Phi) is 17.9. The first-order valence-electron chi connectivity index (χ1n) is 30.1. The maximum absolute atomic E-state index is 13.7. The molecule has 12 aliphatic heterocycles. The lowest BCUT2D eigenvalue weighted by molar-refractivity contribution is -0.341. The smallest absolute Gasteiger partial charge is 0.308 e. The number of esters is 1. The van der Waals surface area contributed by atoms with E-state index in [1.807, 2.05) is 0 Å². The van der Waals surface area contributed by atoms with Crippen LogP contribution < -0.4 is 11.5 Å². The van der Waals surface area contributed by atoms with Crippen LogP contribution in [0.4, 0.5) is 0 Å². The Bertz CT molecular complexity index is 2260. The van der Waals surface area contributed by atoms with Crippen LogP contribution in [0.2, 0.25) is 0 Å². The number of ether oxygens (including phenoxy) is 13. The van der Waals surface area contributed by atoms with Gasteiger partial charge in [0.2, 0.25) is 11.6 Å². The van der Waals surface area contributed by atoms with Crippen molar-refractivity contribution in [2.45, 2.75) is 309 Å². The Balaban J connectivity index is 0.611. The average molecular weight is 1260 g/mol. The number of aliphatic hydroxyl groups excluding tert-OH is 5. The summed E-state index contributed by atoms with van der Waals surface area (Å²) in [5.74, 6) is -5.96. The molecule has 29 atom stereocenters. The number of rotatable bonds is 16. The van der Waals surface area contributed by atoms with Gasteiger partial charge in [-0.2, -0.15) is 0 Å². The second kappa shape index (κ2) is 24.1. The first kappa shape index (κ1) is 60.1. The number of aliphatic hydroxyl groups is 7. The first-order valence-corrected chi connectivity index (χ1v) is 31.3. The molecule has 0 amide bonds. The van der Waals surface area contributed by atoms with Gasteiger partial charge in [-0.1, -0.05) is 42.7 Å². The Morgan fingerprint density at radius 3 is 2.36 bits per heavy atom. The van der Waals surface area contributed by atoms with Gasteiger partial charge in [0.1, 0.15) is 30.5 Å². The minimum absolute atomic E-state index is 0.00873. The summed E-state index contributed by atoms with van der Waals surface area (Å²) in [5, 5.41) is 75.7. The summed E-state index contributed by atoms with van der Waals surface area (Å²) in [6.07, 6.45) is -5.11. The van der Waals surface area contributed by atoms with Crippen LogP contribution in [0.25, 0.3) is 0 Å². The molecule has 12 aliphatic rings. The summed E-state index contributed by atoms with van der Waals surface area (Å²) in [6.45, 7) is 10.3. The predicted molar refractivity (Wildman–Crippen MR) is 289 cm³/mol. The van der Waals surface area contributed by atoms with Gasteiger partial charge in [0.15, 0.2) is 11.9 Å². The normalized spacial score (nSPS) is 50.7. The van der Waals surface area contributed by atoms with Crippen molar-refractivity contribution in [1.82, 2.24) is 0 Å². The highest BCUT2D eigenvalue weighted by Crippen LogP contribution is 2.54. The fourth-order valence-corrected chi connectivity index (χ4v) is 16.7. The molecule has 458 valence electrons. The van der Waals surface area contributed by atoms with E-state index in [9.17, 15) is 40.5 Å². The Morgan fingerprint density at radius 1 is 0.765 bits per heavy atom. The molecule has 3 unspecified atom stereocenters. The molecule has 81 heavy (non-hydrogen) atoms.